The molecule has 2 rings (SSSR count). The van der Waals surface area contributed by atoms with Gasteiger partial charge in [-0.25, -0.2) is 0 Å². The Morgan fingerprint density at radius 3 is 3.00 bits per heavy atom. The first-order valence-corrected chi connectivity index (χ1v) is 3.84. The van der Waals surface area contributed by atoms with E-state index in [0.29, 0.717) is 11.6 Å². The van der Waals surface area contributed by atoms with Gasteiger partial charge in [0.1, 0.15) is 0 Å². The number of rotatable bonds is 1. The highest BCUT2D eigenvalue weighted by Gasteiger charge is 2.08. The van der Waals surface area contributed by atoms with Gasteiger partial charge in [0.25, 0.3) is 11.2 Å². The van der Waals surface area contributed by atoms with Crippen molar-refractivity contribution in [2.75, 3.05) is 0 Å². The lowest BCUT2D eigenvalue weighted by molar-refractivity contribution is 0.429. The lowest BCUT2D eigenvalue weighted by Gasteiger charge is -1.77. The normalized spacial score (nSPS) is 10.3. The highest BCUT2D eigenvalue weighted by molar-refractivity contribution is 7.03. The van der Waals surface area contributed by atoms with Crippen LogP contribution in [0.4, 0.5) is 0 Å². The van der Waals surface area contributed by atoms with Crippen LogP contribution in [0.3, 0.4) is 0 Å². The molecule has 11 heavy (non-hydrogen) atoms. The Balaban J connectivity index is 2.45. The molecular formula is C4HClN4OS. The number of aromatic nitrogens is 4. The molecule has 0 aliphatic carbocycles. The van der Waals surface area contributed by atoms with Gasteiger partial charge in [0.05, 0.1) is 0 Å². The Morgan fingerprint density at radius 2 is 2.45 bits per heavy atom. The fraction of sp³-hybridized carbons (Fsp3) is 0. The van der Waals surface area contributed by atoms with Crippen molar-refractivity contribution in [3.63, 3.8) is 0 Å². The summed E-state index contributed by atoms with van der Waals surface area (Å²) in [7, 11) is 0. The van der Waals surface area contributed by atoms with Crippen molar-refractivity contribution < 1.29 is 4.52 Å². The molecule has 0 atom stereocenters. The molecule has 0 saturated heterocycles. The molecule has 0 unspecified atom stereocenters. The van der Waals surface area contributed by atoms with Crippen LogP contribution in [0.25, 0.3) is 11.6 Å². The maximum absolute atomic E-state index is 5.42. The summed E-state index contributed by atoms with van der Waals surface area (Å²) in [4.78, 5) is 3.74. The van der Waals surface area contributed by atoms with Crippen LogP contribution in [0.2, 0.25) is 5.28 Å². The highest BCUT2D eigenvalue weighted by atomic mass is 35.5. The molecule has 0 aromatic carbocycles. The molecule has 2 aromatic rings. The van der Waals surface area contributed by atoms with Crippen molar-refractivity contribution >= 4 is 23.1 Å². The molecule has 0 N–H and O–H groups in total. The third-order valence-corrected chi connectivity index (χ3v) is 1.64. The fourth-order valence-corrected chi connectivity index (χ4v) is 1.11. The van der Waals surface area contributed by atoms with E-state index in [9.17, 15) is 0 Å². The molecule has 0 saturated carbocycles. The average molecular weight is 189 g/mol. The molecule has 5 nitrogen and oxygen atoms in total. The predicted octanol–water partition coefficient (Wildman–Crippen LogP) is 1.24. The Bertz CT molecular complexity index is 345. The first-order valence-electron chi connectivity index (χ1n) is 2.63. The summed E-state index contributed by atoms with van der Waals surface area (Å²) < 4.78 is 8.35. The summed E-state index contributed by atoms with van der Waals surface area (Å²) in [6, 6.07) is 0. The first kappa shape index (κ1) is 6.68. The highest BCUT2D eigenvalue weighted by Crippen LogP contribution is 2.16. The minimum atomic E-state index is 0.0769. The van der Waals surface area contributed by atoms with Gasteiger partial charge < -0.3 is 4.52 Å². The zero-order valence-electron chi connectivity index (χ0n) is 5.06. The van der Waals surface area contributed by atoms with Gasteiger partial charge in [-0.15, -0.1) is 5.10 Å². The van der Waals surface area contributed by atoms with Crippen LogP contribution in [0.1, 0.15) is 0 Å². The van der Waals surface area contributed by atoms with E-state index in [-0.39, 0.29) is 5.28 Å². The summed E-state index contributed by atoms with van der Waals surface area (Å²) in [6.07, 6.45) is 0. The van der Waals surface area contributed by atoms with Crippen molar-refractivity contribution in [2.45, 2.75) is 0 Å². The number of hydrogen-bond donors (Lipinski definition) is 0. The lowest BCUT2D eigenvalue weighted by atomic mass is 10.5. The van der Waals surface area contributed by atoms with Gasteiger partial charge in [-0.05, 0) is 28.3 Å². The smallest absolute Gasteiger partial charge is 0.280 e. The second-order valence-corrected chi connectivity index (χ2v) is 2.61. The molecule has 0 amide bonds. The van der Waals surface area contributed by atoms with E-state index in [1.165, 1.54) is 11.5 Å². The number of hydrogen-bond acceptors (Lipinski definition) is 6. The maximum Gasteiger partial charge on any atom is 0.280 e. The summed E-state index contributed by atoms with van der Waals surface area (Å²) in [5, 5.41) is 8.88. The largest absolute Gasteiger partial charge is 0.331 e. The topological polar surface area (TPSA) is 64.7 Å². The van der Waals surface area contributed by atoms with Gasteiger partial charge in [0, 0.05) is 5.38 Å². The first-order chi connectivity index (χ1) is 5.36. The van der Waals surface area contributed by atoms with E-state index in [4.69, 9.17) is 16.1 Å². The molecule has 0 fully saturated rings. The zero-order valence-corrected chi connectivity index (χ0v) is 6.63. The van der Waals surface area contributed by atoms with E-state index in [1.807, 2.05) is 0 Å². The monoisotopic (exact) mass is 188 g/mol. The molecular weight excluding hydrogens is 188 g/mol. The molecule has 0 radical (unpaired) electrons. The molecule has 2 aromatic heterocycles. The van der Waals surface area contributed by atoms with E-state index in [2.05, 4.69) is 19.7 Å². The van der Waals surface area contributed by atoms with Crippen LogP contribution >= 0.6 is 23.1 Å². The third-order valence-electron chi connectivity index (χ3n) is 0.980. The summed E-state index contributed by atoms with van der Waals surface area (Å²) >= 11 is 6.63. The van der Waals surface area contributed by atoms with Gasteiger partial charge in [-0.1, -0.05) is 4.49 Å². The van der Waals surface area contributed by atoms with Crippen LogP contribution in [-0.4, -0.2) is 19.7 Å². The Hall–Kier alpha value is -1.01. The molecule has 0 aliphatic heterocycles. The van der Waals surface area contributed by atoms with Crippen LogP contribution < -0.4 is 0 Å². The van der Waals surface area contributed by atoms with E-state index in [1.54, 1.807) is 5.38 Å². The number of nitrogens with zero attached hydrogens (tertiary/aromatic N) is 4. The van der Waals surface area contributed by atoms with E-state index in [0.717, 1.165) is 0 Å². The standard InChI is InChI=1S/C4HClN4OS/c5-4-6-3(10-8-4)2-1-11-9-7-2/h1H. The zero-order chi connectivity index (χ0) is 7.68. The van der Waals surface area contributed by atoms with Gasteiger partial charge in [0.2, 0.25) is 0 Å². The Morgan fingerprint density at radius 1 is 1.55 bits per heavy atom. The number of halogens is 1. The molecule has 0 bridgehead atoms. The SMILES string of the molecule is Clc1noc(-c2csnn2)n1. The van der Waals surface area contributed by atoms with Crippen LogP contribution in [0, 0.1) is 0 Å². The van der Waals surface area contributed by atoms with Crippen molar-refractivity contribution in [1.29, 1.82) is 0 Å². The molecule has 0 spiro atoms. The quantitative estimate of drug-likeness (QED) is 0.674. The average Bonchev–Trinajstić information content (AvgIpc) is 2.55. The minimum Gasteiger partial charge on any atom is -0.331 e. The molecule has 0 aliphatic rings. The van der Waals surface area contributed by atoms with Crippen molar-refractivity contribution in [3.05, 3.63) is 10.7 Å². The second-order valence-electron chi connectivity index (χ2n) is 1.66. The Labute approximate surface area is 70.2 Å². The fourth-order valence-electron chi connectivity index (χ4n) is 0.567. The van der Waals surface area contributed by atoms with Gasteiger partial charge >= 0.3 is 0 Å². The van der Waals surface area contributed by atoms with Crippen LogP contribution in [-0.2, 0) is 0 Å². The van der Waals surface area contributed by atoms with Crippen LogP contribution in [0.15, 0.2) is 9.90 Å². The van der Waals surface area contributed by atoms with Crippen molar-refractivity contribution in [2.24, 2.45) is 0 Å². The van der Waals surface area contributed by atoms with E-state index >= 15 is 0 Å². The Kier molecular flexibility index (Phi) is 1.55. The summed E-state index contributed by atoms with van der Waals surface area (Å²) in [5.41, 5.74) is 0.550. The molecule has 56 valence electrons. The van der Waals surface area contributed by atoms with Gasteiger partial charge in [0.15, 0.2) is 5.69 Å². The van der Waals surface area contributed by atoms with E-state index < -0.39 is 0 Å². The molecule has 2 heterocycles. The maximum atomic E-state index is 5.42. The van der Waals surface area contributed by atoms with Gasteiger partial charge in [-0.3, -0.25) is 0 Å². The van der Waals surface area contributed by atoms with Crippen molar-refractivity contribution in [3.8, 4) is 11.6 Å². The minimum absolute atomic E-state index is 0.0769. The summed E-state index contributed by atoms with van der Waals surface area (Å²) in [5.74, 6) is 0.295. The third kappa shape index (κ3) is 1.22. The van der Waals surface area contributed by atoms with Crippen molar-refractivity contribution in [1.82, 2.24) is 19.7 Å². The van der Waals surface area contributed by atoms with Crippen LogP contribution in [0.5, 0.6) is 0 Å². The molecule has 7 heteroatoms. The lowest BCUT2D eigenvalue weighted by Crippen LogP contribution is -1.75. The summed E-state index contributed by atoms with van der Waals surface area (Å²) in [6.45, 7) is 0. The second kappa shape index (κ2) is 2.55. The predicted molar refractivity (Wildman–Crippen MR) is 38.2 cm³/mol. The van der Waals surface area contributed by atoms with Gasteiger partial charge in [-0.2, -0.15) is 4.98 Å².